The lowest BCUT2D eigenvalue weighted by Gasteiger charge is -2.49. The lowest BCUT2D eigenvalue weighted by molar-refractivity contribution is -0.332. The van der Waals surface area contributed by atoms with Crippen LogP contribution in [0, 0.1) is 0 Å². The fourth-order valence-electron chi connectivity index (χ4n) is 5.07. The third-order valence-electron chi connectivity index (χ3n) is 7.51. The van der Waals surface area contributed by atoms with Gasteiger partial charge in [-0.25, -0.2) is 0 Å². The van der Waals surface area contributed by atoms with Crippen molar-refractivity contribution in [3.05, 3.63) is 0 Å². The molecule has 0 bridgehead atoms. The highest BCUT2D eigenvalue weighted by Crippen LogP contribution is 2.32. The molecule has 0 aromatic rings. The van der Waals surface area contributed by atoms with Gasteiger partial charge in [0.1, 0.15) is 67.1 Å². The van der Waals surface area contributed by atoms with Crippen LogP contribution in [0.1, 0.15) is 12.8 Å². The van der Waals surface area contributed by atoms with E-state index in [-0.39, 0.29) is 25.9 Å². The van der Waals surface area contributed by atoms with E-state index < -0.39 is 110 Å². The Labute approximate surface area is 229 Å². The van der Waals surface area contributed by atoms with E-state index in [1.54, 1.807) is 0 Å². The van der Waals surface area contributed by atoms with Gasteiger partial charge in [-0.05, 0) is 19.4 Å². The van der Waals surface area contributed by atoms with Crippen LogP contribution in [-0.2, 0) is 23.7 Å². The van der Waals surface area contributed by atoms with Gasteiger partial charge in [0.15, 0.2) is 12.6 Å². The molecule has 17 N–H and O–H groups in total. The van der Waals surface area contributed by atoms with Gasteiger partial charge in [-0.3, -0.25) is 4.79 Å². The van der Waals surface area contributed by atoms with Crippen LogP contribution in [0.25, 0.3) is 0 Å². The summed E-state index contributed by atoms with van der Waals surface area (Å²) in [5, 5.41) is 84.9. The summed E-state index contributed by atoms with van der Waals surface area (Å²) < 4.78 is 22.5. The number of nitrogens with two attached hydrogens (primary N) is 4. The molecule has 234 valence electrons. The van der Waals surface area contributed by atoms with Crippen LogP contribution in [0.5, 0.6) is 0 Å². The number of aliphatic hydroxyl groups excluding tert-OH is 8. The average molecular weight is 586 g/mol. The Bertz CT molecular complexity index is 815. The Morgan fingerprint density at radius 1 is 0.850 bits per heavy atom. The number of aliphatic hydroxyl groups is 8. The molecule has 1 amide bonds. The van der Waals surface area contributed by atoms with Crippen molar-refractivity contribution in [3.8, 4) is 0 Å². The Morgan fingerprint density at radius 2 is 1.45 bits per heavy atom. The van der Waals surface area contributed by atoms with E-state index in [9.17, 15) is 45.6 Å². The summed E-state index contributed by atoms with van der Waals surface area (Å²) in [7, 11) is 0. The second-order valence-electron chi connectivity index (χ2n) is 10.3. The first kappa shape index (κ1) is 33.3. The molecule has 0 radical (unpaired) electrons. The summed E-state index contributed by atoms with van der Waals surface area (Å²) in [6, 6.07) is -3.42. The number of hydrogen-bond acceptors (Lipinski definition) is 17. The standard InChI is InChI=1S/C22H43N5O13/c23-2-1-8(29)20(36)27-7-3-6(25)18(39-21-14(32)11(26)12(30)10(5-28)38-21)17(35)19(7)40-22-16(34)15(33)13(31)9(4-24)37-22/h6-19,21-22,28-35H,1-5,23-26H2,(H,27,36)/t6-,7+,8?,9-,10-,11+,12-,13-,14-,15+,16-,17-,18+,19-,21-,22-/m1/s1. The quantitative estimate of drug-likeness (QED) is 0.113. The Balaban J connectivity index is 1.85. The van der Waals surface area contributed by atoms with Crippen LogP contribution in [0.2, 0.25) is 0 Å². The first-order chi connectivity index (χ1) is 18.9. The fourth-order valence-corrected chi connectivity index (χ4v) is 5.07. The topological polar surface area (TPSA) is 332 Å². The van der Waals surface area contributed by atoms with E-state index in [4.69, 9.17) is 41.9 Å². The zero-order valence-electron chi connectivity index (χ0n) is 21.7. The van der Waals surface area contributed by atoms with Crippen LogP contribution < -0.4 is 28.3 Å². The Morgan fingerprint density at radius 3 is 2.05 bits per heavy atom. The molecule has 2 saturated heterocycles. The van der Waals surface area contributed by atoms with Gasteiger partial charge < -0.3 is 88.1 Å². The first-order valence-electron chi connectivity index (χ1n) is 13.1. The minimum Gasteiger partial charge on any atom is -0.394 e. The third kappa shape index (κ3) is 7.06. The number of hydrogen-bond donors (Lipinski definition) is 13. The second kappa shape index (κ2) is 14.3. The van der Waals surface area contributed by atoms with Crippen molar-refractivity contribution in [2.75, 3.05) is 19.7 Å². The SMILES string of the molecule is NCCC(O)C(=O)N[C@H]1C[C@@H](N)[C@H](O[C@H]2O[C@H](CO)[C@@H](O)[C@H](N)[C@H]2O)[C@@H](O)[C@@H]1O[C@H]1O[C@H](CN)[C@@H](O)[C@H](O)[C@H]1O. The minimum absolute atomic E-state index is 0.00934. The molecular weight excluding hydrogens is 542 g/mol. The predicted octanol–water partition coefficient (Wildman–Crippen LogP) is -8.42. The van der Waals surface area contributed by atoms with Crippen molar-refractivity contribution in [3.63, 3.8) is 0 Å². The van der Waals surface area contributed by atoms with Gasteiger partial charge in [-0.2, -0.15) is 0 Å². The van der Waals surface area contributed by atoms with Crippen molar-refractivity contribution in [1.82, 2.24) is 5.32 Å². The molecule has 0 aromatic carbocycles. The van der Waals surface area contributed by atoms with Gasteiger partial charge >= 0.3 is 0 Å². The molecule has 18 nitrogen and oxygen atoms in total. The molecule has 2 aliphatic heterocycles. The monoisotopic (exact) mass is 585 g/mol. The fraction of sp³-hybridized carbons (Fsp3) is 0.955. The van der Waals surface area contributed by atoms with Crippen LogP contribution in [-0.4, -0.2) is 164 Å². The maximum absolute atomic E-state index is 12.6. The van der Waals surface area contributed by atoms with Gasteiger partial charge in [0, 0.05) is 12.6 Å². The first-order valence-corrected chi connectivity index (χ1v) is 13.1. The van der Waals surface area contributed by atoms with Gasteiger partial charge in [0.25, 0.3) is 0 Å². The summed E-state index contributed by atoms with van der Waals surface area (Å²) in [5.41, 5.74) is 23.1. The second-order valence-corrected chi connectivity index (χ2v) is 10.3. The third-order valence-corrected chi connectivity index (χ3v) is 7.51. The van der Waals surface area contributed by atoms with E-state index in [0.717, 1.165) is 0 Å². The van der Waals surface area contributed by atoms with E-state index in [0.29, 0.717) is 0 Å². The maximum atomic E-state index is 12.6. The number of carbonyl (C=O) groups excluding carboxylic acids is 1. The molecule has 40 heavy (non-hydrogen) atoms. The summed E-state index contributed by atoms with van der Waals surface area (Å²) in [4.78, 5) is 12.6. The highest BCUT2D eigenvalue weighted by atomic mass is 16.7. The van der Waals surface area contributed by atoms with Crippen LogP contribution >= 0.6 is 0 Å². The molecule has 16 atom stereocenters. The molecule has 18 heteroatoms. The molecule has 0 spiro atoms. The lowest BCUT2D eigenvalue weighted by atomic mass is 9.83. The van der Waals surface area contributed by atoms with Crippen LogP contribution in [0.3, 0.4) is 0 Å². The van der Waals surface area contributed by atoms with Gasteiger partial charge in [-0.15, -0.1) is 0 Å². The molecule has 2 heterocycles. The Kier molecular flexibility index (Phi) is 11.9. The molecular formula is C22H43N5O13. The summed E-state index contributed by atoms with van der Waals surface area (Å²) >= 11 is 0. The molecule has 3 rings (SSSR count). The predicted molar refractivity (Wildman–Crippen MR) is 131 cm³/mol. The van der Waals surface area contributed by atoms with Crippen LogP contribution in [0.15, 0.2) is 0 Å². The maximum Gasteiger partial charge on any atom is 0.249 e. The molecule has 3 aliphatic rings. The molecule has 0 aromatic heterocycles. The largest absolute Gasteiger partial charge is 0.394 e. The molecule has 1 unspecified atom stereocenters. The van der Waals surface area contributed by atoms with E-state index >= 15 is 0 Å². The van der Waals surface area contributed by atoms with Gasteiger partial charge in [0.05, 0.1) is 18.7 Å². The van der Waals surface area contributed by atoms with Crippen molar-refractivity contribution < 1.29 is 64.6 Å². The zero-order valence-corrected chi connectivity index (χ0v) is 21.7. The molecule has 3 fully saturated rings. The average Bonchev–Trinajstić information content (AvgIpc) is 2.92. The normalized spacial score (nSPS) is 47.0. The minimum atomic E-state index is -1.80. The van der Waals surface area contributed by atoms with Gasteiger partial charge in [-0.1, -0.05) is 0 Å². The highest BCUT2D eigenvalue weighted by molar-refractivity contribution is 5.80. The Hall–Kier alpha value is -1.17. The summed E-state index contributed by atoms with van der Waals surface area (Å²) in [6.45, 7) is -0.899. The van der Waals surface area contributed by atoms with Crippen molar-refractivity contribution >= 4 is 5.91 Å². The number of carbonyl (C=O) groups is 1. The lowest BCUT2D eigenvalue weighted by Crippen LogP contribution is -2.69. The number of amides is 1. The van der Waals surface area contributed by atoms with Crippen molar-refractivity contribution in [1.29, 1.82) is 0 Å². The van der Waals surface area contributed by atoms with Crippen molar-refractivity contribution in [2.45, 2.75) is 111 Å². The number of ether oxygens (including phenoxy) is 4. The number of rotatable bonds is 10. The number of nitrogens with one attached hydrogen (secondary N) is 1. The smallest absolute Gasteiger partial charge is 0.249 e. The molecule has 1 aliphatic carbocycles. The van der Waals surface area contributed by atoms with Crippen molar-refractivity contribution in [2.24, 2.45) is 22.9 Å². The summed E-state index contributed by atoms with van der Waals surface area (Å²) in [6.07, 6.45) is -19.9. The van der Waals surface area contributed by atoms with Crippen LogP contribution in [0.4, 0.5) is 0 Å². The van der Waals surface area contributed by atoms with E-state index in [1.165, 1.54) is 0 Å². The van der Waals surface area contributed by atoms with Gasteiger partial charge in [0.2, 0.25) is 5.91 Å². The molecule has 1 saturated carbocycles. The zero-order chi connectivity index (χ0) is 29.9. The highest BCUT2D eigenvalue weighted by Gasteiger charge is 2.52. The van der Waals surface area contributed by atoms with E-state index in [1.807, 2.05) is 0 Å². The van der Waals surface area contributed by atoms with E-state index in [2.05, 4.69) is 5.32 Å². The summed E-state index contributed by atoms with van der Waals surface area (Å²) in [5.74, 6) is -0.847.